The maximum absolute atomic E-state index is 13.0. The van der Waals surface area contributed by atoms with E-state index in [2.05, 4.69) is 10.3 Å². The quantitative estimate of drug-likeness (QED) is 0.860. The molecule has 0 fully saturated rings. The average molecular weight is 234 g/mol. The zero-order chi connectivity index (χ0) is 12.3. The minimum absolute atomic E-state index is 0.0755. The molecule has 0 aliphatic carbocycles. The highest BCUT2D eigenvalue weighted by Gasteiger charge is 2.08. The molecule has 1 unspecified atom stereocenters. The van der Waals surface area contributed by atoms with Gasteiger partial charge in [0.05, 0.1) is 5.69 Å². The van der Waals surface area contributed by atoms with E-state index in [0.717, 1.165) is 11.3 Å². The summed E-state index contributed by atoms with van der Waals surface area (Å²) in [5.41, 5.74) is 7.76. The summed E-state index contributed by atoms with van der Waals surface area (Å²) in [6, 6.07) is 6.43. The van der Waals surface area contributed by atoms with Crippen molar-refractivity contribution in [1.29, 1.82) is 0 Å². The maximum atomic E-state index is 13.0. The highest BCUT2D eigenvalue weighted by Crippen LogP contribution is 2.08. The summed E-state index contributed by atoms with van der Waals surface area (Å²) in [4.78, 5) is 0. The lowest BCUT2D eigenvalue weighted by atomic mass is 10.0. The third-order valence-electron chi connectivity index (χ3n) is 2.51. The minimum atomic E-state index is -0.228. The van der Waals surface area contributed by atoms with Gasteiger partial charge in [0.15, 0.2) is 0 Å². The van der Waals surface area contributed by atoms with Crippen molar-refractivity contribution in [3.8, 4) is 0 Å². The maximum Gasteiger partial charge on any atom is 0.123 e. The van der Waals surface area contributed by atoms with E-state index in [0.29, 0.717) is 12.8 Å². The second-order valence-electron chi connectivity index (χ2n) is 4.18. The van der Waals surface area contributed by atoms with Crippen molar-refractivity contribution in [3.05, 3.63) is 47.5 Å². The summed E-state index contributed by atoms with van der Waals surface area (Å²) in [5.74, 6) is -0.228. The fourth-order valence-corrected chi connectivity index (χ4v) is 1.80. The second-order valence-corrected chi connectivity index (χ2v) is 4.18. The first kappa shape index (κ1) is 11.7. The van der Waals surface area contributed by atoms with Gasteiger partial charge in [0, 0.05) is 25.7 Å². The first-order valence-corrected chi connectivity index (χ1v) is 5.48. The van der Waals surface area contributed by atoms with Crippen LogP contribution in [0.25, 0.3) is 0 Å². The van der Waals surface area contributed by atoms with Gasteiger partial charge in [0.25, 0.3) is 0 Å². The molecule has 0 bridgehead atoms. The van der Waals surface area contributed by atoms with Crippen molar-refractivity contribution < 1.29 is 4.39 Å². The lowest BCUT2D eigenvalue weighted by molar-refractivity contribution is 0.616. The topological polar surface area (TPSA) is 56.7 Å². The van der Waals surface area contributed by atoms with Gasteiger partial charge in [-0.2, -0.15) is 0 Å². The average Bonchev–Trinajstić information content (AvgIpc) is 2.63. The Bertz CT molecular complexity index is 495. The molecule has 1 heterocycles. The Labute approximate surface area is 99.2 Å². The number of nitrogens with two attached hydrogens (primary N) is 1. The van der Waals surface area contributed by atoms with E-state index in [1.165, 1.54) is 12.1 Å². The molecule has 4 nitrogen and oxygen atoms in total. The highest BCUT2D eigenvalue weighted by atomic mass is 19.1. The van der Waals surface area contributed by atoms with Gasteiger partial charge >= 0.3 is 0 Å². The number of nitrogens with zero attached hydrogens (tertiary/aromatic N) is 3. The Hall–Kier alpha value is -1.75. The fourth-order valence-electron chi connectivity index (χ4n) is 1.80. The Morgan fingerprint density at radius 2 is 2.24 bits per heavy atom. The van der Waals surface area contributed by atoms with Crippen LogP contribution in [0.2, 0.25) is 0 Å². The molecule has 2 aromatic rings. The van der Waals surface area contributed by atoms with Crippen molar-refractivity contribution in [2.45, 2.75) is 18.9 Å². The molecule has 0 spiro atoms. The molecule has 90 valence electrons. The Morgan fingerprint density at radius 3 is 2.88 bits per heavy atom. The SMILES string of the molecule is Cn1cc(CC(N)Cc2cccc(F)c2)nn1. The Balaban J connectivity index is 1.95. The van der Waals surface area contributed by atoms with E-state index >= 15 is 0 Å². The predicted molar refractivity (Wildman–Crippen MR) is 62.8 cm³/mol. The molecular formula is C12H15FN4. The zero-order valence-electron chi connectivity index (χ0n) is 9.68. The normalized spacial score (nSPS) is 12.6. The van der Waals surface area contributed by atoms with E-state index < -0.39 is 0 Å². The van der Waals surface area contributed by atoms with Crippen LogP contribution < -0.4 is 5.73 Å². The van der Waals surface area contributed by atoms with Gasteiger partial charge in [-0.1, -0.05) is 17.3 Å². The summed E-state index contributed by atoms with van der Waals surface area (Å²) < 4.78 is 14.6. The smallest absolute Gasteiger partial charge is 0.123 e. The second kappa shape index (κ2) is 5.05. The van der Waals surface area contributed by atoms with Crippen molar-refractivity contribution in [3.63, 3.8) is 0 Å². The molecule has 0 radical (unpaired) electrons. The van der Waals surface area contributed by atoms with Crippen LogP contribution in [0.15, 0.2) is 30.5 Å². The van der Waals surface area contributed by atoms with Gasteiger partial charge < -0.3 is 5.73 Å². The summed E-state index contributed by atoms with van der Waals surface area (Å²) in [6.45, 7) is 0. The van der Waals surface area contributed by atoms with E-state index in [1.807, 2.05) is 19.3 Å². The molecule has 0 saturated heterocycles. The van der Waals surface area contributed by atoms with Crippen LogP contribution >= 0.6 is 0 Å². The van der Waals surface area contributed by atoms with Crippen LogP contribution in [0.1, 0.15) is 11.3 Å². The molecule has 2 N–H and O–H groups in total. The number of benzene rings is 1. The van der Waals surface area contributed by atoms with E-state index in [4.69, 9.17) is 5.73 Å². The monoisotopic (exact) mass is 234 g/mol. The number of rotatable bonds is 4. The summed E-state index contributed by atoms with van der Waals surface area (Å²) in [6.07, 6.45) is 3.12. The molecule has 2 rings (SSSR count). The first-order chi connectivity index (χ1) is 8.13. The molecule has 1 atom stereocenters. The molecule has 0 amide bonds. The predicted octanol–water partition coefficient (Wildman–Crippen LogP) is 1.07. The van der Waals surface area contributed by atoms with Crippen LogP contribution in [0.4, 0.5) is 4.39 Å². The van der Waals surface area contributed by atoms with Crippen molar-refractivity contribution in [2.24, 2.45) is 12.8 Å². The Kier molecular flexibility index (Phi) is 3.49. The van der Waals surface area contributed by atoms with E-state index in [1.54, 1.807) is 10.7 Å². The standard InChI is InChI=1S/C12H15FN4/c1-17-8-12(15-16-17)7-11(14)6-9-3-2-4-10(13)5-9/h2-5,8,11H,6-7,14H2,1H3. The molecule has 17 heavy (non-hydrogen) atoms. The molecule has 0 aliphatic rings. The summed E-state index contributed by atoms with van der Waals surface area (Å²) in [5, 5.41) is 7.82. The summed E-state index contributed by atoms with van der Waals surface area (Å²) >= 11 is 0. The van der Waals surface area contributed by atoms with E-state index in [9.17, 15) is 4.39 Å². The largest absolute Gasteiger partial charge is 0.327 e. The van der Waals surface area contributed by atoms with Crippen LogP contribution in [-0.2, 0) is 19.9 Å². The van der Waals surface area contributed by atoms with Gasteiger partial charge in [0.1, 0.15) is 5.82 Å². The van der Waals surface area contributed by atoms with Crippen molar-refractivity contribution in [1.82, 2.24) is 15.0 Å². The summed E-state index contributed by atoms with van der Waals surface area (Å²) in [7, 11) is 1.81. The fraction of sp³-hybridized carbons (Fsp3) is 0.333. The van der Waals surface area contributed by atoms with Crippen LogP contribution in [0, 0.1) is 5.82 Å². The minimum Gasteiger partial charge on any atom is -0.327 e. The number of aromatic nitrogens is 3. The van der Waals surface area contributed by atoms with E-state index in [-0.39, 0.29) is 11.9 Å². The molecular weight excluding hydrogens is 219 g/mol. The molecule has 0 aliphatic heterocycles. The number of aryl methyl sites for hydroxylation is 1. The zero-order valence-corrected chi connectivity index (χ0v) is 9.68. The third kappa shape index (κ3) is 3.35. The molecule has 1 aromatic carbocycles. The van der Waals surface area contributed by atoms with Crippen LogP contribution in [-0.4, -0.2) is 21.0 Å². The van der Waals surface area contributed by atoms with Crippen LogP contribution in [0.5, 0.6) is 0 Å². The molecule has 5 heteroatoms. The van der Waals surface area contributed by atoms with Crippen LogP contribution in [0.3, 0.4) is 0 Å². The lowest BCUT2D eigenvalue weighted by Crippen LogP contribution is -2.25. The third-order valence-corrected chi connectivity index (χ3v) is 2.51. The molecule has 1 aromatic heterocycles. The van der Waals surface area contributed by atoms with Gasteiger partial charge in [-0.15, -0.1) is 5.10 Å². The Morgan fingerprint density at radius 1 is 1.41 bits per heavy atom. The number of halogens is 1. The molecule has 0 saturated carbocycles. The van der Waals surface area contributed by atoms with Gasteiger partial charge in [-0.25, -0.2) is 4.39 Å². The number of hydrogen-bond acceptors (Lipinski definition) is 3. The van der Waals surface area contributed by atoms with Crippen molar-refractivity contribution in [2.75, 3.05) is 0 Å². The first-order valence-electron chi connectivity index (χ1n) is 5.48. The van der Waals surface area contributed by atoms with Gasteiger partial charge in [0.2, 0.25) is 0 Å². The number of hydrogen-bond donors (Lipinski definition) is 1. The lowest BCUT2D eigenvalue weighted by Gasteiger charge is -2.09. The van der Waals surface area contributed by atoms with Crippen molar-refractivity contribution >= 4 is 0 Å². The van der Waals surface area contributed by atoms with Gasteiger partial charge in [-0.05, 0) is 24.1 Å². The van der Waals surface area contributed by atoms with Gasteiger partial charge in [-0.3, -0.25) is 4.68 Å². The highest BCUT2D eigenvalue weighted by molar-refractivity contribution is 5.17.